The lowest BCUT2D eigenvalue weighted by Crippen LogP contribution is -2.52. The van der Waals surface area contributed by atoms with Crippen molar-refractivity contribution >= 4 is 57.2 Å². The van der Waals surface area contributed by atoms with E-state index in [4.69, 9.17) is 0 Å². The van der Waals surface area contributed by atoms with Crippen LogP contribution < -0.4 is 10.8 Å². The molecule has 0 radical (unpaired) electrons. The molecule has 2 aliphatic rings. The molecule has 2 aliphatic heterocycles. The fourth-order valence-corrected chi connectivity index (χ4v) is 3.83. The van der Waals surface area contributed by atoms with Crippen molar-refractivity contribution in [2.24, 2.45) is 0 Å². The van der Waals surface area contributed by atoms with Gasteiger partial charge in [0, 0.05) is 18.5 Å². The Bertz CT molecular complexity index is 748. The molecule has 0 bridgehead atoms. The van der Waals surface area contributed by atoms with Gasteiger partial charge in [0.15, 0.2) is 4.46 Å². The van der Waals surface area contributed by atoms with Crippen LogP contribution in [0.1, 0.15) is 49.5 Å². The van der Waals surface area contributed by atoms with Gasteiger partial charge in [-0.15, -0.1) is 0 Å². The van der Waals surface area contributed by atoms with Gasteiger partial charge in [-0.25, -0.2) is 0 Å². The smallest absolute Gasteiger partial charge is 0.254 e. The third kappa shape index (κ3) is 3.64. The van der Waals surface area contributed by atoms with E-state index < -0.39 is 6.04 Å². The number of imide groups is 1. The number of amides is 3. The van der Waals surface area contributed by atoms with E-state index in [1.165, 1.54) is 0 Å². The van der Waals surface area contributed by atoms with E-state index in [0.29, 0.717) is 17.4 Å². The van der Waals surface area contributed by atoms with Crippen molar-refractivity contribution in [3.8, 4) is 0 Å². The summed E-state index contributed by atoms with van der Waals surface area (Å²) in [4.78, 5) is 38.2. The van der Waals surface area contributed by atoms with Gasteiger partial charge in [-0.3, -0.25) is 19.7 Å². The van der Waals surface area contributed by atoms with E-state index in [9.17, 15) is 14.4 Å². The second-order valence-corrected chi connectivity index (χ2v) is 9.39. The summed E-state index contributed by atoms with van der Waals surface area (Å²) in [5.41, 5.74) is 2.77. The van der Waals surface area contributed by atoms with Crippen molar-refractivity contribution in [2.75, 3.05) is 0 Å². The van der Waals surface area contributed by atoms with Gasteiger partial charge in [0.05, 0.1) is 0 Å². The quantitative estimate of drug-likeness (QED) is 0.429. The number of nitrogens with zero attached hydrogens (tertiary/aromatic N) is 1. The minimum atomic E-state index is -0.552. The number of halogens is 1. The zero-order valence-corrected chi connectivity index (χ0v) is 16.9. The molecule has 3 amide bonds. The fraction of sp³-hybridized carbons (Fsp3) is 0.471. The summed E-state index contributed by atoms with van der Waals surface area (Å²) >= 11 is 2.45. The van der Waals surface area contributed by atoms with Gasteiger partial charge < -0.3 is 4.90 Å². The Hall–Kier alpha value is -1.31. The second kappa shape index (κ2) is 6.78. The third-order valence-electron chi connectivity index (χ3n) is 4.98. The van der Waals surface area contributed by atoms with Crippen LogP contribution in [0.3, 0.4) is 0 Å². The summed E-state index contributed by atoms with van der Waals surface area (Å²) in [7, 11) is 0.822. The summed E-state index contributed by atoms with van der Waals surface area (Å²) in [6.07, 6.45) is 0.680. The van der Waals surface area contributed by atoms with E-state index >= 15 is 0 Å². The Labute approximate surface area is 162 Å². The van der Waals surface area contributed by atoms with Crippen LogP contribution >= 0.6 is 22.4 Å². The third-order valence-corrected chi connectivity index (χ3v) is 7.29. The van der Waals surface area contributed by atoms with Gasteiger partial charge in [-0.2, -0.15) is 22.4 Å². The number of benzene rings is 1. The van der Waals surface area contributed by atoms with E-state index in [-0.39, 0.29) is 29.5 Å². The number of hydrogen-bond donors (Lipinski definition) is 1. The number of hydrogen-bond acceptors (Lipinski definition) is 3. The topological polar surface area (TPSA) is 66.5 Å². The van der Waals surface area contributed by atoms with Gasteiger partial charge in [0.25, 0.3) is 5.91 Å². The lowest BCUT2D eigenvalue weighted by molar-refractivity contribution is -0.136. The summed E-state index contributed by atoms with van der Waals surface area (Å²) in [5.74, 6) is -0.706. The monoisotopic (exact) mass is 450 g/mol. The van der Waals surface area contributed by atoms with Gasteiger partial charge in [-0.05, 0) is 12.0 Å². The first-order valence-corrected chi connectivity index (χ1v) is 9.82. The predicted molar refractivity (Wildman–Crippen MR) is 109 cm³/mol. The van der Waals surface area contributed by atoms with Crippen LogP contribution in [0.25, 0.3) is 0 Å². The van der Waals surface area contributed by atoms with Crippen molar-refractivity contribution in [3.63, 3.8) is 0 Å². The Kier molecular flexibility index (Phi) is 5.01. The molecule has 25 heavy (non-hydrogen) atoms. The molecule has 1 saturated heterocycles. The Morgan fingerprint density at radius 1 is 1.28 bits per heavy atom. The van der Waals surface area contributed by atoms with Crippen LogP contribution in [0, 0.1) is 0 Å². The minimum Gasteiger partial charge on any atom is -0.322 e. The Balaban J connectivity index is 1.86. The average Bonchev–Trinajstić information content (AvgIpc) is 2.84. The van der Waals surface area contributed by atoms with Gasteiger partial charge in [0.1, 0.15) is 13.2 Å². The standard InChI is InChI=1S/C17H21B2IN2O3/c1-17(2,3)19(20)18-11-6-4-5-10-9-22(16(25)14(10)11)12-7-8-13(23)21-15(12)24/h4-6,12,18H,7-9H2,1-3H3,(H,21,23,24). The molecule has 1 aromatic rings. The molecule has 1 aromatic carbocycles. The molecule has 0 spiro atoms. The lowest BCUT2D eigenvalue weighted by Gasteiger charge is -2.29. The van der Waals surface area contributed by atoms with Gasteiger partial charge >= 0.3 is 0 Å². The maximum atomic E-state index is 13.0. The van der Waals surface area contributed by atoms with Crippen LogP contribution in [0.5, 0.6) is 0 Å². The zero-order chi connectivity index (χ0) is 18.4. The minimum absolute atomic E-state index is 0.0855. The second-order valence-electron chi connectivity index (χ2n) is 7.89. The van der Waals surface area contributed by atoms with Gasteiger partial charge in [0.2, 0.25) is 11.8 Å². The number of piperidine rings is 1. The van der Waals surface area contributed by atoms with Gasteiger partial charge in [-0.1, -0.05) is 49.7 Å². The Morgan fingerprint density at radius 3 is 2.64 bits per heavy atom. The molecule has 130 valence electrons. The van der Waals surface area contributed by atoms with E-state index in [1.54, 1.807) is 4.90 Å². The average molecular weight is 450 g/mol. The maximum absolute atomic E-state index is 13.0. The van der Waals surface area contributed by atoms with E-state index in [1.807, 2.05) is 18.2 Å². The first kappa shape index (κ1) is 18.5. The highest BCUT2D eigenvalue weighted by Crippen LogP contribution is 2.31. The number of carbonyl (C=O) groups excluding carboxylic acids is 3. The molecule has 2 heterocycles. The lowest BCUT2D eigenvalue weighted by atomic mass is 9.27. The molecule has 3 rings (SSSR count). The molecule has 1 unspecified atom stereocenters. The number of rotatable bonds is 3. The summed E-state index contributed by atoms with van der Waals surface area (Å²) in [5, 5.41) is 2.49. The first-order valence-electron chi connectivity index (χ1n) is 8.58. The molecule has 0 aliphatic carbocycles. The summed E-state index contributed by atoms with van der Waals surface area (Å²) < 4.78 is 0.397. The van der Waals surface area contributed by atoms with Crippen molar-refractivity contribution in [1.29, 1.82) is 0 Å². The predicted octanol–water partition coefficient (Wildman–Crippen LogP) is 1.23. The molecular weight excluding hydrogens is 429 g/mol. The number of nitrogens with one attached hydrogen (secondary N) is 1. The fourth-order valence-electron chi connectivity index (χ4n) is 3.36. The first-order chi connectivity index (χ1) is 11.7. The molecule has 0 saturated carbocycles. The molecule has 0 aromatic heterocycles. The maximum Gasteiger partial charge on any atom is 0.254 e. The van der Waals surface area contributed by atoms with Crippen LogP contribution in [0.15, 0.2) is 18.2 Å². The Morgan fingerprint density at radius 2 is 2.00 bits per heavy atom. The molecule has 1 fully saturated rings. The van der Waals surface area contributed by atoms with E-state index in [0.717, 1.165) is 23.8 Å². The molecule has 8 heteroatoms. The van der Waals surface area contributed by atoms with Crippen molar-refractivity contribution < 1.29 is 14.4 Å². The van der Waals surface area contributed by atoms with Crippen molar-refractivity contribution in [2.45, 2.75) is 51.5 Å². The number of fused-ring (bicyclic) bond motifs is 1. The van der Waals surface area contributed by atoms with Crippen molar-refractivity contribution in [1.82, 2.24) is 10.2 Å². The van der Waals surface area contributed by atoms with Crippen molar-refractivity contribution in [3.05, 3.63) is 29.3 Å². The molecule has 1 atom stereocenters. The highest BCUT2D eigenvalue weighted by atomic mass is 127. The molecule has 1 N–H and O–H groups in total. The zero-order valence-electron chi connectivity index (χ0n) is 14.8. The highest BCUT2D eigenvalue weighted by Gasteiger charge is 2.40. The van der Waals surface area contributed by atoms with E-state index in [2.05, 4.69) is 48.5 Å². The number of carbonyl (C=O) groups is 3. The summed E-state index contributed by atoms with van der Waals surface area (Å²) in [6.45, 7) is 7.04. The SMILES string of the molecule is CC(C)(C)B(I)Bc1cccc2c1C(=O)N(C1CCC(=O)NC1=O)C2. The van der Waals surface area contributed by atoms with Crippen LogP contribution in [-0.4, -0.2) is 40.3 Å². The normalized spacial score (nSPS) is 20.4. The largest absolute Gasteiger partial charge is 0.322 e. The highest BCUT2D eigenvalue weighted by molar-refractivity contribution is 14.1. The van der Waals surface area contributed by atoms with Crippen LogP contribution in [-0.2, 0) is 16.1 Å². The molecule has 5 nitrogen and oxygen atoms in total. The van der Waals surface area contributed by atoms with Crippen LogP contribution in [0.4, 0.5) is 0 Å². The van der Waals surface area contributed by atoms with Crippen LogP contribution in [0.2, 0.25) is 5.31 Å². The molecular formula is C17H21B2IN2O3. The summed E-state index contributed by atoms with van der Waals surface area (Å²) in [6, 6.07) is 5.41.